The molecule has 3 aromatic rings. The average Bonchev–Trinajstić information content (AvgIpc) is 2.89. The van der Waals surface area contributed by atoms with Crippen LogP contribution in [-0.4, -0.2) is 36.5 Å². The minimum absolute atomic E-state index is 0.140. The number of likely N-dealkylation sites (tertiary alicyclic amines) is 1. The highest BCUT2D eigenvalue weighted by molar-refractivity contribution is 6.30. The minimum atomic E-state index is -0.752. The molecule has 0 unspecified atom stereocenters. The molecule has 0 radical (unpaired) electrons. The minimum Gasteiger partial charge on any atom is -0.438 e. The lowest BCUT2D eigenvalue weighted by atomic mass is 9.84. The summed E-state index contributed by atoms with van der Waals surface area (Å²) in [6, 6.07) is 27.5. The number of carbonyl (C=O) groups is 2. The van der Waals surface area contributed by atoms with Crippen LogP contribution in [0.5, 0.6) is 0 Å². The summed E-state index contributed by atoms with van der Waals surface area (Å²) in [5.41, 5.74) is 2.42. The molecule has 0 atom stereocenters. The topological polar surface area (TPSA) is 58.6 Å². The lowest BCUT2D eigenvalue weighted by molar-refractivity contribution is -0.135. The number of rotatable bonds is 8. The van der Waals surface area contributed by atoms with Gasteiger partial charge < -0.3 is 15.0 Å². The molecule has 0 saturated carbocycles. The van der Waals surface area contributed by atoms with Crippen LogP contribution in [0.25, 0.3) is 0 Å². The second-order valence-electron chi connectivity index (χ2n) is 8.92. The van der Waals surface area contributed by atoms with Crippen LogP contribution in [0.2, 0.25) is 5.02 Å². The van der Waals surface area contributed by atoms with Crippen LogP contribution < -0.4 is 5.32 Å². The Balaban J connectivity index is 1.34. The van der Waals surface area contributed by atoms with Gasteiger partial charge in [-0.1, -0.05) is 84.4 Å². The molecule has 35 heavy (non-hydrogen) atoms. The lowest BCUT2D eigenvalue weighted by Crippen LogP contribution is -2.48. The van der Waals surface area contributed by atoms with E-state index in [0.29, 0.717) is 50.3 Å². The van der Waals surface area contributed by atoms with E-state index in [1.165, 1.54) is 0 Å². The van der Waals surface area contributed by atoms with Crippen LogP contribution in [0.15, 0.2) is 84.9 Å². The van der Waals surface area contributed by atoms with Crippen LogP contribution in [-0.2, 0) is 28.0 Å². The van der Waals surface area contributed by atoms with E-state index in [-0.39, 0.29) is 5.91 Å². The van der Waals surface area contributed by atoms with E-state index in [9.17, 15) is 9.59 Å². The summed E-state index contributed by atoms with van der Waals surface area (Å²) in [6.07, 6.45) is 2.56. The maximum Gasteiger partial charge on any atom is 0.408 e. The number of hydrogen-bond donors (Lipinski definition) is 1. The van der Waals surface area contributed by atoms with Crippen LogP contribution in [0.1, 0.15) is 36.0 Å². The molecular formula is C29H31ClN2O3. The number of nitrogens with zero attached hydrogens (tertiary/aromatic N) is 1. The predicted molar refractivity (Wildman–Crippen MR) is 138 cm³/mol. The molecule has 6 heteroatoms. The second kappa shape index (κ2) is 11.9. The molecule has 3 aromatic carbocycles. The number of nitrogens with one attached hydrogen (secondary N) is 1. The summed E-state index contributed by atoms with van der Waals surface area (Å²) < 4.78 is 6.07. The van der Waals surface area contributed by atoms with Crippen molar-refractivity contribution in [3.63, 3.8) is 0 Å². The molecule has 0 aromatic heterocycles. The van der Waals surface area contributed by atoms with Crippen molar-refractivity contribution in [1.29, 1.82) is 0 Å². The van der Waals surface area contributed by atoms with Crippen molar-refractivity contribution in [3.8, 4) is 0 Å². The molecule has 4 rings (SSSR count). The third kappa shape index (κ3) is 6.86. The van der Waals surface area contributed by atoms with E-state index in [2.05, 4.69) is 5.32 Å². The number of aryl methyl sites for hydroxylation is 1. The van der Waals surface area contributed by atoms with Gasteiger partial charge >= 0.3 is 6.09 Å². The highest BCUT2D eigenvalue weighted by atomic mass is 35.5. The highest BCUT2D eigenvalue weighted by Crippen LogP contribution is 2.37. The van der Waals surface area contributed by atoms with Crippen molar-refractivity contribution in [2.24, 2.45) is 0 Å². The van der Waals surface area contributed by atoms with E-state index in [4.69, 9.17) is 16.3 Å². The van der Waals surface area contributed by atoms with Gasteiger partial charge in [-0.3, -0.25) is 4.79 Å². The average molecular weight is 491 g/mol. The first-order valence-corrected chi connectivity index (χ1v) is 12.5. The van der Waals surface area contributed by atoms with Crippen molar-refractivity contribution in [3.05, 3.63) is 107 Å². The molecule has 1 heterocycles. The standard InChI is InChI=1S/C29H31ClN2O3/c30-26-13-7-10-24(22-26)16-19-31-28(34)35-29(25-11-5-2-6-12-25)17-20-32(21-18-29)27(33)15-14-23-8-3-1-4-9-23/h1-13,22H,14-21H2,(H,31,34). The van der Waals surface area contributed by atoms with Crippen molar-refractivity contribution < 1.29 is 14.3 Å². The van der Waals surface area contributed by atoms with Gasteiger partial charge in [0.25, 0.3) is 0 Å². The third-order valence-corrected chi connectivity index (χ3v) is 6.79. The molecule has 0 aliphatic carbocycles. The van der Waals surface area contributed by atoms with Crippen LogP contribution >= 0.6 is 11.6 Å². The highest BCUT2D eigenvalue weighted by Gasteiger charge is 2.40. The van der Waals surface area contributed by atoms with Crippen LogP contribution in [0.4, 0.5) is 4.79 Å². The van der Waals surface area contributed by atoms with Crippen LogP contribution in [0, 0.1) is 0 Å². The Morgan fingerprint density at radius 3 is 2.20 bits per heavy atom. The van der Waals surface area contributed by atoms with E-state index in [1.54, 1.807) is 0 Å². The molecule has 2 amide bonds. The number of alkyl carbamates (subject to hydrolysis) is 1. The second-order valence-corrected chi connectivity index (χ2v) is 9.36. The number of halogens is 1. The lowest BCUT2D eigenvalue weighted by Gasteiger charge is -2.41. The first-order chi connectivity index (χ1) is 17.0. The summed E-state index contributed by atoms with van der Waals surface area (Å²) >= 11 is 6.05. The number of carbonyl (C=O) groups excluding carboxylic acids is 2. The fourth-order valence-electron chi connectivity index (χ4n) is 4.58. The van der Waals surface area contributed by atoms with Gasteiger partial charge in [0.2, 0.25) is 5.91 Å². The molecule has 0 bridgehead atoms. The Bertz CT molecular complexity index is 1110. The zero-order valence-corrected chi connectivity index (χ0v) is 20.5. The van der Waals surface area contributed by atoms with Crippen LogP contribution in [0.3, 0.4) is 0 Å². The summed E-state index contributed by atoms with van der Waals surface area (Å²) in [4.78, 5) is 27.5. The molecule has 5 nitrogen and oxygen atoms in total. The monoisotopic (exact) mass is 490 g/mol. The first-order valence-electron chi connectivity index (χ1n) is 12.1. The molecule has 1 fully saturated rings. The fraction of sp³-hybridized carbons (Fsp3) is 0.310. The predicted octanol–water partition coefficient (Wildman–Crippen LogP) is 5.76. The van der Waals surface area contributed by atoms with E-state index in [0.717, 1.165) is 23.1 Å². The largest absolute Gasteiger partial charge is 0.438 e. The summed E-state index contributed by atoms with van der Waals surface area (Å²) in [6.45, 7) is 1.56. The molecule has 1 N–H and O–H groups in total. The molecule has 1 aliphatic heterocycles. The maximum atomic E-state index is 12.8. The fourth-order valence-corrected chi connectivity index (χ4v) is 4.79. The number of hydrogen-bond acceptors (Lipinski definition) is 3. The maximum absolute atomic E-state index is 12.8. The summed E-state index contributed by atoms with van der Waals surface area (Å²) in [5.74, 6) is 0.140. The summed E-state index contributed by atoms with van der Waals surface area (Å²) in [7, 11) is 0. The van der Waals surface area contributed by atoms with Gasteiger partial charge in [0.15, 0.2) is 0 Å². The number of piperidine rings is 1. The van der Waals surface area contributed by atoms with Gasteiger partial charge in [0, 0.05) is 43.9 Å². The van der Waals surface area contributed by atoms with Gasteiger partial charge in [-0.15, -0.1) is 0 Å². The first kappa shape index (κ1) is 24.8. The number of ether oxygens (including phenoxy) is 1. The van der Waals surface area contributed by atoms with Gasteiger partial charge in [0.05, 0.1) is 0 Å². The smallest absolute Gasteiger partial charge is 0.408 e. The Morgan fingerprint density at radius 1 is 0.857 bits per heavy atom. The number of amides is 2. The Morgan fingerprint density at radius 2 is 1.51 bits per heavy atom. The Hall–Kier alpha value is -3.31. The number of benzene rings is 3. The quantitative estimate of drug-likeness (QED) is 0.436. The Kier molecular flexibility index (Phi) is 8.43. The molecule has 0 spiro atoms. The van der Waals surface area contributed by atoms with E-state index < -0.39 is 11.7 Å². The normalized spacial score (nSPS) is 14.8. The van der Waals surface area contributed by atoms with Gasteiger partial charge in [-0.25, -0.2) is 4.79 Å². The SMILES string of the molecule is O=C(NCCc1cccc(Cl)c1)OC1(c2ccccc2)CCN(C(=O)CCc2ccccc2)CC1. The zero-order valence-electron chi connectivity index (χ0n) is 19.8. The molecule has 1 saturated heterocycles. The zero-order chi connectivity index (χ0) is 24.5. The van der Waals surface area contributed by atoms with E-state index >= 15 is 0 Å². The third-order valence-electron chi connectivity index (χ3n) is 6.55. The molecule has 1 aliphatic rings. The van der Waals surface area contributed by atoms with Gasteiger partial charge in [-0.2, -0.15) is 0 Å². The molecule has 182 valence electrons. The Labute approximate surface area is 212 Å². The summed E-state index contributed by atoms with van der Waals surface area (Å²) in [5, 5.41) is 3.56. The van der Waals surface area contributed by atoms with E-state index in [1.807, 2.05) is 89.8 Å². The van der Waals surface area contributed by atoms with Gasteiger partial charge in [0.1, 0.15) is 5.60 Å². The van der Waals surface area contributed by atoms with Crippen molar-refractivity contribution in [2.45, 2.75) is 37.7 Å². The molecular weight excluding hydrogens is 460 g/mol. The van der Waals surface area contributed by atoms with Crippen molar-refractivity contribution >= 4 is 23.6 Å². The van der Waals surface area contributed by atoms with Crippen molar-refractivity contribution in [1.82, 2.24) is 10.2 Å². The van der Waals surface area contributed by atoms with Crippen molar-refractivity contribution in [2.75, 3.05) is 19.6 Å². The van der Waals surface area contributed by atoms with Gasteiger partial charge in [-0.05, 0) is 41.7 Å².